The molecule has 1 fully saturated rings. The fraction of sp³-hybridized carbons (Fsp3) is 0.588. The van der Waals surface area contributed by atoms with Gasteiger partial charge in [0.15, 0.2) is 11.5 Å². The third kappa shape index (κ3) is 3.27. The number of piperidine rings is 1. The molecule has 1 aliphatic rings. The van der Waals surface area contributed by atoms with Crippen LogP contribution in [0.3, 0.4) is 0 Å². The van der Waals surface area contributed by atoms with Crippen LogP contribution in [0.2, 0.25) is 0 Å². The Balaban J connectivity index is 1.65. The molecule has 2 heterocycles. The lowest BCUT2D eigenvalue weighted by Gasteiger charge is -2.32. The second kappa shape index (κ2) is 6.16. The predicted molar refractivity (Wildman–Crippen MR) is 85.4 cm³/mol. The Morgan fingerprint density at radius 3 is 2.86 bits per heavy atom. The molecule has 0 bridgehead atoms. The zero-order valence-electron chi connectivity index (χ0n) is 13.0. The van der Waals surface area contributed by atoms with E-state index in [1.165, 1.54) is 5.56 Å². The maximum atomic E-state index is 6.04. The monoisotopic (exact) mass is 287 g/mol. The molecule has 1 aromatic heterocycles. The quantitative estimate of drug-likeness (QED) is 0.939. The van der Waals surface area contributed by atoms with E-state index in [0.717, 1.165) is 55.9 Å². The molecule has 3 rings (SSSR count). The van der Waals surface area contributed by atoms with Gasteiger partial charge in [0.25, 0.3) is 0 Å². The van der Waals surface area contributed by atoms with Gasteiger partial charge in [-0.15, -0.1) is 0 Å². The highest BCUT2D eigenvalue weighted by atomic mass is 16.3. The maximum Gasteiger partial charge on any atom is 0.198 e. The first-order valence-corrected chi connectivity index (χ1v) is 8.00. The Labute approximate surface area is 126 Å². The van der Waals surface area contributed by atoms with Crippen LogP contribution in [0.15, 0.2) is 22.6 Å². The van der Waals surface area contributed by atoms with Gasteiger partial charge in [0.2, 0.25) is 0 Å². The van der Waals surface area contributed by atoms with Crippen LogP contribution in [0.5, 0.6) is 0 Å². The zero-order valence-corrected chi connectivity index (χ0v) is 13.0. The largest absolute Gasteiger partial charge is 0.440 e. The number of aromatic nitrogens is 1. The van der Waals surface area contributed by atoms with E-state index in [1.807, 2.05) is 6.07 Å². The lowest BCUT2D eigenvalue weighted by molar-refractivity contribution is 0.190. The summed E-state index contributed by atoms with van der Waals surface area (Å²) < 4.78 is 5.95. The molecule has 21 heavy (non-hydrogen) atoms. The van der Waals surface area contributed by atoms with Crippen molar-refractivity contribution >= 4 is 11.1 Å². The lowest BCUT2D eigenvalue weighted by atomic mass is 9.96. The third-order valence-corrected chi connectivity index (χ3v) is 4.51. The van der Waals surface area contributed by atoms with E-state index in [0.29, 0.717) is 12.0 Å². The molecular weight excluding hydrogens is 262 g/mol. The summed E-state index contributed by atoms with van der Waals surface area (Å²) in [6.07, 6.45) is 3.27. The van der Waals surface area contributed by atoms with Crippen molar-refractivity contribution in [1.82, 2.24) is 9.88 Å². The summed E-state index contributed by atoms with van der Waals surface area (Å²) >= 11 is 0. The molecular formula is C17H25N3O. The molecule has 1 atom stereocenters. The smallest absolute Gasteiger partial charge is 0.198 e. The van der Waals surface area contributed by atoms with Gasteiger partial charge in [0.05, 0.1) is 0 Å². The molecule has 0 saturated carbocycles. The van der Waals surface area contributed by atoms with E-state index >= 15 is 0 Å². The van der Waals surface area contributed by atoms with Crippen LogP contribution >= 0.6 is 0 Å². The van der Waals surface area contributed by atoms with Gasteiger partial charge < -0.3 is 15.1 Å². The Morgan fingerprint density at radius 2 is 2.14 bits per heavy atom. The molecule has 1 aliphatic heterocycles. The van der Waals surface area contributed by atoms with Crippen molar-refractivity contribution in [2.45, 2.75) is 45.1 Å². The van der Waals surface area contributed by atoms with Crippen LogP contribution in [0, 0.1) is 6.92 Å². The Bertz CT molecular complexity index is 599. The topological polar surface area (TPSA) is 55.3 Å². The molecule has 4 heteroatoms. The third-order valence-electron chi connectivity index (χ3n) is 4.51. The highest BCUT2D eigenvalue weighted by molar-refractivity contribution is 5.73. The van der Waals surface area contributed by atoms with Gasteiger partial charge in [-0.25, -0.2) is 4.98 Å². The number of aryl methyl sites for hydroxylation is 1. The predicted octanol–water partition coefficient (Wildman–Crippen LogP) is 3.05. The summed E-state index contributed by atoms with van der Waals surface area (Å²) in [6.45, 7) is 7.43. The SMILES string of the molecule is CCC(N)CN1CCC(c2nc3cc(C)ccc3o2)CC1. The van der Waals surface area contributed by atoms with Crippen LogP contribution < -0.4 is 5.73 Å². The average Bonchev–Trinajstić information content (AvgIpc) is 2.90. The van der Waals surface area contributed by atoms with Gasteiger partial charge in [-0.2, -0.15) is 0 Å². The van der Waals surface area contributed by atoms with Gasteiger partial charge >= 0.3 is 0 Å². The Kier molecular flexibility index (Phi) is 4.27. The summed E-state index contributed by atoms with van der Waals surface area (Å²) in [6, 6.07) is 6.49. The highest BCUT2D eigenvalue weighted by Gasteiger charge is 2.25. The van der Waals surface area contributed by atoms with Gasteiger partial charge in [0.1, 0.15) is 5.52 Å². The normalized spacial score (nSPS) is 19.2. The molecule has 2 N–H and O–H groups in total. The van der Waals surface area contributed by atoms with Crippen molar-refractivity contribution in [3.8, 4) is 0 Å². The Morgan fingerprint density at radius 1 is 1.38 bits per heavy atom. The number of fused-ring (bicyclic) bond motifs is 1. The molecule has 0 spiro atoms. The van der Waals surface area contributed by atoms with E-state index in [1.54, 1.807) is 0 Å². The van der Waals surface area contributed by atoms with Crippen LogP contribution in [0.25, 0.3) is 11.1 Å². The minimum atomic E-state index is 0.300. The number of likely N-dealkylation sites (tertiary alicyclic amines) is 1. The number of nitrogens with zero attached hydrogens (tertiary/aromatic N) is 2. The lowest BCUT2D eigenvalue weighted by Crippen LogP contribution is -2.41. The molecule has 4 nitrogen and oxygen atoms in total. The summed E-state index contributed by atoms with van der Waals surface area (Å²) in [5, 5.41) is 0. The maximum absolute atomic E-state index is 6.04. The van der Waals surface area contributed by atoms with Crippen LogP contribution in [-0.4, -0.2) is 35.6 Å². The van der Waals surface area contributed by atoms with Crippen molar-refractivity contribution in [3.05, 3.63) is 29.7 Å². The van der Waals surface area contributed by atoms with Crippen molar-refractivity contribution < 1.29 is 4.42 Å². The van der Waals surface area contributed by atoms with Gasteiger partial charge in [-0.05, 0) is 57.0 Å². The summed E-state index contributed by atoms with van der Waals surface area (Å²) in [7, 11) is 0. The van der Waals surface area contributed by atoms with E-state index in [9.17, 15) is 0 Å². The molecule has 114 valence electrons. The van der Waals surface area contributed by atoms with E-state index < -0.39 is 0 Å². The van der Waals surface area contributed by atoms with Crippen molar-refractivity contribution in [2.24, 2.45) is 5.73 Å². The van der Waals surface area contributed by atoms with Crippen molar-refractivity contribution in [1.29, 1.82) is 0 Å². The molecule has 1 saturated heterocycles. The standard InChI is InChI=1S/C17H25N3O/c1-3-14(18)11-20-8-6-13(7-9-20)17-19-15-10-12(2)4-5-16(15)21-17/h4-5,10,13-14H,3,6-9,11,18H2,1-2H3. The number of rotatable bonds is 4. The summed E-state index contributed by atoms with van der Waals surface area (Å²) in [4.78, 5) is 7.16. The van der Waals surface area contributed by atoms with Gasteiger partial charge in [-0.3, -0.25) is 0 Å². The van der Waals surface area contributed by atoms with Gasteiger partial charge in [-0.1, -0.05) is 13.0 Å². The van der Waals surface area contributed by atoms with Crippen molar-refractivity contribution in [2.75, 3.05) is 19.6 Å². The Hall–Kier alpha value is -1.39. The average molecular weight is 287 g/mol. The zero-order chi connectivity index (χ0) is 14.8. The molecule has 1 aromatic carbocycles. The fourth-order valence-electron chi connectivity index (χ4n) is 3.05. The van der Waals surface area contributed by atoms with Crippen molar-refractivity contribution in [3.63, 3.8) is 0 Å². The van der Waals surface area contributed by atoms with Gasteiger partial charge in [0, 0.05) is 18.5 Å². The fourth-order valence-corrected chi connectivity index (χ4v) is 3.05. The first-order chi connectivity index (χ1) is 10.2. The van der Waals surface area contributed by atoms with Crippen LogP contribution in [0.1, 0.15) is 43.6 Å². The van der Waals surface area contributed by atoms with Crippen LogP contribution in [-0.2, 0) is 0 Å². The second-order valence-electron chi connectivity index (χ2n) is 6.27. The second-order valence-corrected chi connectivity index (χ2v) is 6.27. The summed E-state index contributed by atoms with van der Waals surface area (Å²) in [5.74, 6) is 1.36. The molecule has 2 aromatic rings. The highest BCUT2D eigenvalue weighted by Crippen LogP contribution is 2.30. The minimum Gasteiger partial charge on any atom is -0.440 e. The van der Waals surface area contributed by atoms with E-state index in [4.69, 9.17) is 10.2 Å². The first kappa shape index (κ1) is 14.5. The molecule has 0 amide bonds. The molecule has 0 radical (unpaired) electrons. The van der Waals surface area contributed by atoms with Crippen LogP contribution in [0.4, 0.5) is 0 Å². The summed E-state index contributed by atoms with van der Waals surface area (Å²) in [5.41, 5.74) is 9.16. The number of nitrogens with two attached hydrogens (primary N) is 1. The number of oxazole rings is 1. The van der Waals surface area contributed by atoms with E-state index in [2.05, 4.69) is 35.9 Å². The molecule has 0 aliphatic carbocycles. The first-order valence-electron chi connectivity index (χ1n) is 8.00. The number of benzene rings is 1. The molecule has 1 unspecified atom stereocenters. The number of hydrogen-bond acceptors (Lipinski definition) is 4. The van der Waals surface area contributed by atoms with E-state index in [-0.39, 0.29) is 0 Å². The number of hydrogen-bond donors (Lipinski definition) is 1. The minimum absolute atomic E-state index is 0.300.